The number of aromatic nitrogens is 3. The summed E-state index contributed by atoms with van der Waals surface area (Å²) in [7, 11) is 0. The molecule has 0 saturated heterocycles. The molecule has 0 amide bonds. The van der Waals surface area contributed by atoms with Crippen LogP contribution in [0.4, 0.5) is 5.82 Å². The summed E-state index contributed by atoms with van der Waals surface area (Å²) in [6, 6.07) is 13.2. The van der Waals surface area contributed by atoms with Crippen LogP contribution in [0.3, 0.4) is 0 Å². The van der Waals surface area contributed by atoms with E-state index in [2.05, 4.69) is 0 Å². The van der Waals surface area contributed by atoms with E-state index in [4.69, 9.17) is 29.9 Å². The van der Waals surface area contributed by atoms with E-state index < -0.39 is 5.97 Å². The highest BCUT2D eigenvalue weighted by atomic mass is 16.7. The van der Waals surface area contributed by atoms with E-state index in [1.54, 1.807) is 4.57 Å². The van der Waals surface area contributed by atoms with Crippen molar-refractivity contribution in [2.75, 3.05) is 12.5 Å². The van der Waals surface area contributed by atoms with Gasteiger partial charge in [-0.3, -0.25) is 0 Å². The van der Waals surface area contributed by atoms with Crippen molar-refractivity contribution in [1.82, 2.24) is 14.5 Å². The van der Waals surface area contributed by atoms with Gasteiger partial charge in [-0.15, -0.1) is 0 Å². The average molecular weight is 418 g/mol. The van der Waals surface area contributed by atoms with Crippen molar-refractivity contribution in [2.24, 2.45) is 0 Å². The Balaban J connectivity index is 1.66. The minimum absolute atomic E-state index is 0.205. The van der Waals surface area contributed by atoms with E-state index in [-0.39, 0.29) is 24.3 Å². The number of anilines is 1. The van der Waals surface area contributed by atoms with E-state index in [0.29, 0.717) is 41.1 Å². The number of para-hydroxylation sites is 2. The van der Waals surface area contributed by atoms with E-state index in [1.165, 1.54) is 0 Å². The maximum Gasteiger partial charge on any atom is 0.344 e. The lowest BCUT2D eigenvalue weighted by Crippen LogP contribution is -2.16. The van der Waals surface area contributed by atoms with Gasteiger partial charge < -0.3 is 24.5 Å². The Hall–Kier alpha value is -3.81. The second-order valence-electron chi connectivity index (χ2n) is 7.54. The van der Waals surface area contributed by atoms with Crippen LogP contribution in [0.25, 0.3) is 22.2 Å². The fourth-order valence-electron chi connectivity index (χ4n) is 3.63. The van der Waals surface area contributed by atoms with Gasteiger partial charge >= 0.3 is 5.97 Å². The lowest BCUT2D eigenvalue weighted by atomic mass is 10.2. The first kappa shape index (κ1) is 19.2. The van der Waals surface area contributed by atoms with Gasteiger partial charge in [0.15, 0.2) is 17.1 Å². The monoisotopic (exact) mass is 418 g/mol. The number of nitrogens with zero attached hydrogens (tertiary/aromatic N) is 3. The minimum Gasteiger partial charge on any atom is -0.459 e. The Morgan fingerprint density at radius 2 is 1.90 bits per heavy atom. The molecule has 158 valence electrons. The van der Waals surface area contributed by atoms with Gasteiger partial charge in [-0.2, -0.15) is 0 Å². The summed E-state index contributed by atoms with van der Waals surface area (Å²) in [5.74, 6) is 1.17. The summed E-state index contributed by atoms with van der Waals surface area (Å²) in [5.41, 5.74) is 10.0. The summed E-state index contributed by atoms with van der Waals surface area (Å²) < 4.78 is 18.2. The summed E-state index contributed by atoms with van der Waals surface area (Å²) >= 11 is 0. The van der Waals surface area contributed by atoms with Gasteiger partial charge in [-0.25, -0.2) is 14.8 Å². The zero-order valence-electron chi connectivity index (χ0n) is 17.3. The molecule has 1 aliphatic heterocycles. The lowest BCUT2D eigenvalue weighted by molar-refractivity contribution is 0.0338. The van der Waals surface area contributed by atoms with Gasteiger partial charge in [-0.05, 0) is 43.2 Å². The first-order chi connectivity index (χ1) is 15.0. The third kappa shape index (κ3) is 3.30. The molecular weight excluding hydrogens is 396 g/mol. The molecule has 2 aromatic heterocycles. The van der Waals surface area contributed by atoms with E-state index in [9.17, 15) is 4.79 Å². The predicted molar refractivity (Wildman–Crippen MR) is 116 cm³/mol. The molecule has 0 fully saturated rings. The van der Waals surface area contributed by atoms with Crippen molar-refractivity contribution in [3.63, 3.8) is 0 Å². The van der Waals surface area contributed by atoms with Gasteiger partial charge in [0, 0.05) is 0 Å². The maximum atomic E-state index is 13.0. The molecule has 8 heteroatoms. The summed E-state index contributed by atoms with van der Waals surface area (Å²) in [6.07, 6.45) is 0.475. The first-order valence-electron chi connectivity index (χ1n) is 10.2. The molecular formula is C23H22N4O4. The van der Waals surface area contributed by atoms with Crippen LogP contribution < -0.4 is 15.2 Å². The molecule has 0 unspecified atom stereocenters. The second kappa shape index (κ2) is 7.46. The molecule has 4 aromatic rings. The number of hydrogen-bond acceptors (Lipinski definition) is 7. The van der Waals surface area contributed by atoms with Gasteiger partial charge in [0.2, 0.25) is 6.79 Å². The van der Waals surface area contributed by atoms with Gasteiger partial charge in [-0.1, -0.05) is 25.1 Å². The molecule has 1 atom stereocenters. The van der Waals surface area contributed by atoms with Crippen LogP contribution >= 0.6 is 0 Å². The van der Waals surface area contributed by atoms with Crippen LogP contribution in [-0.4, -0.2) is 33.4 Å². The molecule has 0 saturated carbocycles. The van der Waals surface area contributed by atoms with Crippen LogP contribution in [0.2, 0.25) is 0 Å². The first-order valence-corrected chi connectivity index (χ1v) is 10.2. The second-order valence-corrected chi connectivity index (χ2v) is 7.54. The summed E-state index contributed by atoms with van der Waals surface area (Å²) in [4.78, 5) is 22.5. The normalized spacial score (nSPS) is 13.6. The van der Waals surface area contributed by atoms with Crippen molar-refractivity contribution in [3.8, 4) is 11.5 Å². The number of nitrogens with two attached hydrogens (primary N) is 1. The molecule has 2 N–H and O–H groups in total. The highest BCUT2D eigenvalue weighted by Crippen LogP contribution is 2.34. The molecule has 0 aliphatic carbocycles. The Bertz CT molecular complexity index is 1310. The molecule has 8 nitrogen and oxygen atoms in total. The van der Waals surface area contributed by atoms with Crippen molar-refractivity contribution in [3.05, 3.63) is 53.6 Å². The predicted octanol–water partition coefficient (Wildman–Crippen LogP) is 3.90. The quantitative estimate of drug-likeness (QED) is 0.491. The number of rotatable bonds is 5. The maximum absolute atomic E-state index is 13.0. The molecule has 31 heavy (non-hydrogen) atoms. The van der Waals surface area contributed by atoms with Crippen molar-refractivity contribution in [1.29, 1.82) is 0 Å². The third-order valence-electron chi connectivity index (χ3n) is 5.46. The van der Waals surface area contributed by atoms with E-state index in [0.717, 1.165) is 11.1 Å². The lowest BCUT2D eigenvalue weighted by Gasteiger charge is -2.11. The van der Waals surface area contributed by atoms with Gasteiger partial charge in [0.25, 0.3) is 0 Å². The number of nitrogen functional groups attached to an aromatic ring is 1. The Kier molecular flexibility index (Phi) is 4.62. The summed E-state index contributed by atoms with van der Waals surface area (Å²) in [6.45, 7) is 4.40. The topological polar surface area (TPSA) is 101 Å². The zero-order valence-corrected chi connectivity index (χ0v) is 17.3. The smallest absolute Gasteiger partial charge is 0.344 e. The Morgan fingerprint density at radius 1 is 1.16 bits per heavy atom. The van der Waals surface area contributed by atoms with Crippen LogP contribution in [0.5, 0.6) is 11.5 Å². The minimum atomic E-state index is -0.495. The number of carbonyl (C=O) groups is 1. The number of esters is 1. The average Bonchev–Trinajstić information content (AvgIpc) is 3.34. The number of carbonyl (C=O) groups excluding carboxylic acids is 1. The van der Waals surface area contributed by atoms with Crippen molar-refractivity contribution < 1.29 is 19.0 Å². The van der Waals surface area contributed by atoms with Crippen molar-refractivity contribution in [2.45, 2.75) is 32.9 Å². The largest absolute Gasteiger partial charge is 0.459 e. The molecule has 2 aromatic carbocycles. The number of fused-ring (bicyclic) bond motifs is 3. The standard InChI is InChI=1S/C23H22N4O4/c1-3-13(2)31-23(28)19-20-22(26-16-7-5-4-6-15(16)25-20)27(21(19)24)11-14-8-9-17-18(10-14)30-12-29-17/h4-10,13H,3,11-12,24H2,1-2H3/t13-/m1/s1. The Labute approximate surface area is 178 Å². The van der Waals surface area contributed by atoms with Crippen LogP contribution in [0, 0.1) is 0 Å². The van der Waals surface area contributed by atoms with Crippen LogP contribution in [-0.2, 0) is 11.3 Å². The van der Waals surface area contributed by atoms with E-state index in [1.807, 2.05) is 56.3 Å². The highest BCUT2D eigenvalue weighted by molar-refractivity contribution is 6.08. The zero-order chi connectivity index (χ0) is 21.5. The molecule has 0 spiro atoms. The molecule has 5 rings (SSSR count). The highest BCUT2D eigenvalue weighted by Gasteiger charge is 2.26. The number of benzene rings is 2. The van der Waals surface area contributed by atoms with Crippen LogP contribution in [0.1, 0.15) is 36.2 Å². The molecule has 1 aliphatic rings. The molecule has 3 heterocycles. The van der Waals surface area contributed by atoms with Crippen molar-refractivity contribution >= 4 is 34.0 Å². The fourth-order valence-corrected chi connectivity index (χ4v) is 3.63. The van der Waals surface area contributed by atoms with Gasteiger partial charge in [0.05, 0.1) is 23.7 Å². The fraction of sp³-hybridized carbons (Fsp3) is 0.261. The number of ether oxygens (including phenoxy) is 3. The summed E-state index contributed by atoms with van der Waals surface area (Å²) in [5, 5.41) is 0. The van der Waals surface area contributed by atoms with E-state index >= 15 is 0 Å². The third-order valence-corrected chi connectivity index (χ3v) is 5.46. The SMILES string of the molecule is CC[C@@H](C)OC(=O)c1c(N)n(Cc2ccc3c(c2)OCO3)c2nc3ccccc3nc12. The number of hydrogen-bond donors (Lipinski definition) is 1. The Morgan fingerprint density at radius 3 is 2.68 bits per heavy atom. The molecule has 0 radical (unpaired) electrons. The molecule has 0 bridgehead atoms. The van der Waals surface area contributed by atoms with Crippen LogP contribution in [0.15, 0.2) is 42.5 Å². The van der Waals surface area contributed by atoms with Gasteiger partial charge in [0.1, 0.15) is 16.9 Å².